The number of hydrogen-bond acceptors (Lipinski definition) is 4. The van der Waals surface area contributed by atoms with Gasteiger partial charge in [-0.2, -0.15) is 26.3 Å². The topological polar surface area (TPSA) is 52.6 Å². The Kier molecular flexibility index (Phi) is 6.70. The largest absolute Gasteiger partial charge is 0.490 e. The molecular formula is C25H34F6O4. The SMILES string of the molecule is C[C@H](OC(=O)C(F)(F)F)[C@H]1CCC2C3CC[C@H]4C[C@@H](OC(=O)C(F)(F)F)CC[C@]4(C)C3CC[C@@]21C. The van der Waals surface area contributed by atoms with Crippen molar-refractivity contribution in [3.63, 3.8) is 0 Å². The minimum atomic E-state index is -5.01. The number of halogens is 6. The van der Waals surface area contributed by atoms with E-state index in [1.165, 1.54) is 0 Å². The summed E-state index contributed by atoms with van der Waals surface area (Å²) >= 11 is 0. The molecule has 4 nitrogen and oxygen atoms in total. The third kappa shape index (κ3) is 4.67. The molecule has 4 aliphatic rings. The van der Waals surface area contributed by atoms with Gasteiger partial charge in [-0.05, 0) is 99.2 Å². The molecule has 4 fully saturated rings. The van der Waals surface area contributed by atoms with Crippen LogP contribution in [0.3, 0.4) is 0 Å². The van der Waals surface area contributed by atoms with Crippen molar-refractivity contribution in [2.24, 2.45) is 40.4 Å². The highest BCUT2D eigenvalue weighted by Crippen LogP contribution is 2.68. The summed E-state index contributed by atoms with van der Waals surface area (Å²) in [4.78, 5) is 22.8. The first kappa shape index (κ1) is 26.6. The van der Waals surface area contributed by atoms with Gasteiger partial charge in [0.25, 0.3) is 0 Å². The number of fused-ring (bicyclic) bond motifs is 5. The highest BCUT2D eigenvalue weighted by Gasteiger charge is 2.61. The van der Waals surface area contributed by atoms with E-state index in [9.17, 15) is 35.9 Å². The fourth-order valence-corrected chi connectivity index (χ4v) is 8.67. The molecule has 0 aromatic carbocycles. The molecule has 0 aromatic rings. The fourth-order valence-electron chi connectivity index (χ4n) is 8.67. The minimum Gasteiger partial charge on any atom is -0.456 e. The molecule has 0 spiro atoms. The third-order valence-corrected chi connectivity index (χ3v) is 10.3. The molecule has 0 aromatic heterocycles. The molecule has 9 atom stereocenters. The Labute approximate surface area is 201 Å². The normalized spacial score (nSPS) is 42.3. The van der Waals surface area contributed by atoms with E-state index in [1.54, 1.807) is 6.92 Å². The molecule has 4 aliphatic carbocycles. The van der Waals surface area contributed by atoms with E-state index in [2.05, 4.69) is 13.8 Å². The molecule has 35 heavy (non-hydrogen) atoms. The van der Waals surface area contributed by atoms with Crippen LogP contribution >= 0.6 is 0 Å². The van der Waals surface area contributed by atoms with Crippen molar-refractivity contribution in [2.45, 2.75) is 103 Å². The smallest absolute Gasteiger partial charge is 0.456 e. The van der Waals surface area contributed by atoms with Gasteiger partial charge in [-0.1, -0.05) is 13.8 Å². The Bertz CT molecular complexity index is 841. The van der Waals surface area contributed by atoms with Crippen molar-refractivity contribution in [1.82, 2.24) is 0 Å². The molecule has 0 bridgehead atoms. The number of carbonyl (C=O) groups is 2. The minimum absolute atomic E-state index is 0.0577. The molecule has 0 heterocycles. The number of hydrogen-bond donors (Lipinski definition) is 0. The molecule has 0 amide bonds. The maximum Gasteiger partial charge on any atom is 0.490 e. The first-order valence-corrected chi connectivity index (χ1v) is 12.6. The second-order valence-electron chi connectivity index (χ2n) is 11.8. The Morgan fingerprint density at radius 2 is 1.40 bits per heavy atom. The van der Waals surface area contributed by atoms with Gasteiger partial charge in [0, 0.05) is 5.92 Å². The maximum absolute atomic E-state index is 12.7. The number of ether oxygens (including phenoxy) is 2. The average Bonchev–Trinajstić information content (AvgIpc) is 3.10. The summed E-state index contributed by atoms with van der Waals surface area (Å²) < 4.78 is 85.8. The fraction of sp³-hybridized carbons (Fsp3) is 0.920. The van der Waals surface area contributed by atoms with Gasteiger partial charge in [-0.25, -0.2) is 9.59 Å². The van der Waals surface area contributed by atoms with E-state index in [-0.39, 0.29) is 22.7 Å². The Morgan fingerprint density at radius 3 is 2.03 bits per heavy atom. The van der Waals surface area contributed by atoms with Gasteiger partial charge < -0.3 is 9.47 Å². The van der Waals surface area contributed by atoms with Crippen LogP contribution in [0.15, 0.2) is 0 Å². The van der Waals surface area contributed by atoms with E-state index in [1.807, 2.05) is 0 Å². The zero-order valence-electron chi connectivity index (χ0n) is 20.3. The summed E-state index contributed by atoms with van der Waals surface area (Å²) in [5.41, 5.74) is -0.271. The van der Waals surface area contributed by atoms with E-state index >= 15 is 0 Å². The first-order valence-electron chi connectivity index (χ1n) is 12.6. The maximum atomic E-state index is 12.7. The van der Waals surface area contributed by atoms with Crippen LogP contribution in [0.2, 0.25) is 0 Å². The van der Waals surface area contributed by atoms with Crippen LogP contribution < -0.4 is 0 Å². The Balaban J connectivity index is 1.44. The van der Waals surface area contributed by atoms with Gasteiger partial charge in [0.1, 0.15) is 12.2 Å². The number of alkyl halides is 6. The van der Waals surface area contributed by atoms with E-state index in [0.29, 0.717) is 43.4 Å². The average molecular weight is 513 g/mol. The van der Waals surface area contributed by atoms with Crippen molar-refractivity contribution in [1.29, 1.82) is 0 Å². The Morgan fingerprint density at radius 1 is 0.800 bits per heavy atom. The molecule has 0 N–H and O–H groups in total. The highest BCUT2D eigenvalue weighted by atomic mass is 19.4. The number of carbonyl (C=O) groups excluding carboxylic acids is 2. The second-order valence-corrected chi connectivity index (χ2v) is 11.8. The van der Waals surface area contributed by atoms with Crippen molar-refractivity contribution >= 4 is 11.9 Å². The lowest BCUT2D eigenvalue weighted by molar-refractivity contribution is -0.212. The van der Waals surface area contributed by atoms with Crippen LogP contribution in [0.1, 0.15) is 78.6 Å². The van der Waals surface area contributed by atoms with E-state index in [4.69, 9.17) is 9.47 Å². The zero-order valence-corrected chi connectivity index (χ0v) is 20.3. The summed E-state index contributed by atoms with van der Waals surface area (Å²) in [6.07, 6.45) is -4.92. The van der Waals surface area contributed by atoms with E-state index < -0.39 is 36.5 Å². The monoisotopic (exact) mass is 512 g/mol. The third-order valence-electron chi connectivity index (χ3n) is 10.3. The molecule has 0 saturated heterocycles. The summed E-state index contributed by atoms with van der Waals surface area (Å²) in [5, 5.41) is 0. The Hall–Kier alpha value is -1.48. The standard InChI is InChI=1S/C25H34F6O4/c1-13(34-20(32)24(26,27)28)17-6-7-18-16-5-4-14-12-15(35-21(33)25(29,30)31)8-10-22(14,2)19(16)9-11-23(17,18)3/h13-19H,4-12H2,1-3H3/t13-,14-,15-,16?,17+,18?,19?,22-,23+/m0/s1. The number of esters is 2. The van der Waals surface area contributed by atoms with Crippen LogP contribution in [0, 0.1) is 40.4 Å². The molecule has 4 rings (SSSR count). The van der Waals surface area contributed by atoms with Gasteiger partial charge in [0.05, 0.1) is 0 Å². The molecule has 0 radical (unpaired) electrons. The lowest BCUT2D eigenvalue weighted by Gasteiger charge is -2.61. The van der Waals surface area contributed by atoms with Crippen LogP contribution in [0.5, 0.6) is 0 Å². The van der Waals surface area contributed by atoms with Crippen molar-refractivity contribution in [3.05, 3.63) is 0 Å². The first-order chi connectivity index (χ1) is 16.1. The summed E-state index contributed by atoms with van der Waals surface area (Å²) in [5.74, 6) is -3.13. The van der Waals surface area contributed by atoms with Gasteiger partial charge in [-0.3, -0.25) is 0 Å². The quantitative estimate of drug-likeness (QED) is 0.315. The van der Waals surface area contributed by atoms with Gasteiger partial charge in [0.2, 0.25) is 0 Å². The van der Waals surface area contributed by atoms with Crippen LogP contribution in [-0.4, -0.2) is 36.5 Å². The molecule has 200 valence electrons. The molecule has 3 unspecified atom stereocenters. The van der Waals surface area contributed by atoms with Crippen molar-refractivity contribution in [3.8, 4) is 0 Å². The molecule has 4 saturated carbocycles. The number of rotatable bonds is 3. The summed E-state index contributed by atoms with van der Waals surface area (Å²) in [6, 6.07) is 0. The van der Waals surface area contributed by atoms with Crippen molar-refractivity contribution in [2.75, 3.05) is 0 Å². The summed E-state index contributed by atoms with van der Waals surface area (Å²) in [7, 11) is 0. The zero-order chi connectivity index (χ0) is 26.0. The lowest BCUT2D eigenvalue weighted by Crippen LogP contribution is -2.55. The predicted molar refractivity (Wildman–Crippen MR) is 113 cm³/mol. The van der Waals surface area contributed by atoms with Crippen LogP contribution in [0.25, 0.3) is 0 Å². The summed E-state index contributed by atoms with van der Waals surface area (Å²) in [6.45, 7) is 5.92. The van der Waals surface area contributed by atoms with E-state index in [0.717, 1.165) is 32.1 Å². The highest BCUT2D eigenvalue weighted by molar-refractivity contribution is 5.76. The van der Waals surface area contributed by atoms with Gasteiger partial charge in [0.15, 0.2) is 0 Å². The van der Waals surface area contributed by atoms with Gasteiger partial charge in [-0.15, -0.1) is 0 Å². The van der Waals surface area contributed by atoms with Crippen LogP contribution in [0.4, 0.5) is 26.3 Å². The van der Waals surface area contributed by atoms with Crippen molar-refractivity contribution < 1.29 is 45.4 Å². The molecule has 0 aliphatic heterocycles. The molecular weight excluding hydrogens is 478 g/mol. The van der Waals surface area contributed by atoms with Gasteiger partial charge >= 0.3 is 24.3 Å². The predicted octanol–water partition coefficient (Wildman–Crippen LogP) is 6.61. The molecule has 10 heteroatoms. The second kappa shape index (κ2) is 8.82. The van der Waals surface area contributed by atoms with Crippen LogP contribution in [-0.2, 0) is 19.1 Å². The lowest BCUT2D eigenvalue weighted by atomic mass is 9.44.